The maximum absolute atomic E-state index is 13.4. The molecule has 0 radical (unpaired) electrons. The van der Waals surface area contributed by atoms with Gasteiger partial charge in [-0.15, -0.1) is 0 Å². The first-order chi connectivity index (χ1) is 24.4. The van der Waals surface area contributed by atoms with Gasteiger partial charge in [-0.3, -0.25) is 14.2 Å². The Labute approximate surface area is 309 Å². The van der Waals surface area contributed by atoms with Crippen molar-refractivity contribution in [2.75, 3.05) is 13.7 Å². The van der Waals surface area contributed by atoms with Crippen LogP contribution in [0.5, 0.6) is 5.88 Å². The van der Waals surface area contributed by atoms with Crippen LogP contribution in [0.25, 0.3) is 39.0 Å². The van der Waals surface area contributed by atoms with Crippen LogP contribution >= 0.6 is 34.8 Å². The van der Waals surface area contributed by atoms with Gasteiger partial charge in [0.1, 0.15) is 11.3 Å². The first kappa shape index (κ1) is 35.4. The van der Waals surface area contributed by atoms with Gasteiger partial charge in [-0.25, -0.2) is 9.50 Å². The Morgan fingerprint density at radius 3 is 2.37 bits per heavy atom. The van der Waals surface area contributed by atoms with E-state index in [9.17, 15) is 14.7 Å². The van der Waals surface area contributed by atoms with Gasteiger partial charge in [0.2, 0.25) is 11.8 Å². The van der Waals surface area contributed by atoms with E-state index < -0.39 is 5.60 Å². The van der Waals surface area contributed by atoms with Crippen LogP contribution in [0.1, 0.15) is 44.0 Å². The van der Waals surface area contributed by atoms with Crippen LogP contribution in [-0.4, -0.2) is 61.5 Å². The fraction of sp³-hybridized carbons (Fsp3) is 0.351. The fourth-order valence-corrected chi connectivity index (χ4v) is 7.86. The van der Waals surface area contributed by atoms with Crippen LogP contribution in [0.3, 0.4) is 0 Å². The number of nitrogens with zero attached hydrogens (tertiary/aromatic N) is 4. The lowest BCUT2D eigenvalue weighted by molar-refractivity contribution is -0.119. The number of ether oxygens (including phenoxy) is 1. The van der Waals surface area contributed by atoms with Crippen molar-refractivity contribution in [1.29, 1.82) is 0 Å². The number of hydrogen-bond acceptors (Lipinski definition) is 8. The molecule has 2 aromatic carbocycles. The van der Waals surface area contributed by atoms with Crippen molar-refractivity contribution in [2.24, 2.45) is 7.05 Å². The normalized spacial score (nSPS) is 20.1. The number of aromatic nitrogens is 4. The van der Waals surface area contributed by atoms with E-state index in [0.29, 0.717) is 99.1 Å². The van der Waals surface area contributed by atoms with Gasteiger partial charge in [0.25, 0.3) is 5.56 Å². The largest absolute Gasteiger partial charge is 0.481 e. The third-order valence-corrected chi connectivity index (χ3v) is 10.9. The van der Waals surface area contributed by atoms with Gasteiger partial charge in [-0.05, 0) is 38.3 Å². The summed E-state index contributed by atoms with van der Waals surface area (Å²) in [6.45, 7) is 3.24. The third-order valence-electron chi connectivity index (χ3n) is 9.73. The molecule has 1 aliphatic carbocycles. The zero-order valence-corrected chi connectivity index (χ0v) is 30.7. The Bertz CT molecular complexity index is 2210. The van der Waals surface area contributed by atoms with Crippen LogP contribution < -0.4 is 26.2 Å². The molecule has 1 aliphatic heterocycles. The number of amides is 1. The number of nitrogens with one attached hydrogen (secondary N) is 3. The van der Waals surface area contributed by atoms with Gasteiger partial charge in [0, 0.05) is 78.2 Å². The van der Waals surface area contributed by atoms with E-state index in [1.165, 1.54) is 0 Å². The lowest BCUT2D eigenvalue weighted by Crippen LogP contribution is -2.51. The first-order valence-corrected chi connectivity index (χ1v) is 17.9. The maximum Gasteiger partial charge on any atom is 0.277 e. The number of methoxy groups -OCH3 is 1. The molecule has 1 saturated carbocycles. The van der Waals surface area contributed by atoms with E-state index in [1.807, 2.05) is 43.3 Å². The number of hydrogen-bond donors (Lipinski definition) is 4. The zero-order chi connectivity index (χ0) is 36.0. The van der Waals surface area contributed by atoms with E-state index in [2.05, 4.69) is 16.0 Å². The van der Waals surface area contributed by atoms with Crippen LogP contribution in [0.4, 0.5) is 0 Å². The molecule has 0 bridgehead atoms. The van der Waals surface area contributed by atoms with E-state index in [1.54, 1.807) is 41.6 Å². The average molecular weight is 751 g/mol. The maximum atomic E-state index is 13.4. The highest BCUT2D eigenvalue weighted by Gasteiger charge is 2.38. The molecule has 5 aromatic rings. The molecule has 51 heavy (non-hydrogen) atoms. The molecule has 1 atom stereocenters. The summed E-state index contributed by atoms with van der Waals surface area (Å²) in [6, 6.07) is 15.1. The summed E-state index contributed by atoms with van der Waals surface area (Å²) in [5.41, 5.74) is 4.35. The molecule has 2 fully saturated rings. The molecule has 266 valence electrons. The molecule has 1 saturated heterocycles. The van der Waals surface area contributed by atoms with Crippen LogP contribution in [-0.2, 0) is 24.9 Å². The molecule has 7 rings (SSSR count). The van der Waals surface area contributed by atoms with Gasteiger partial charge in [0.15, 0.2) is 0 Å². The van der Waals surface area contributed by atoms with Gasteiger partial charge < -0.3 is 25.8 Å². The minimum atomic E-state index is -0.644. The monoisotopic (exact) mass is 749 g/mol. The number of halogens is 3. The lowest BCUT2D eigenvalue weighted by atomic mass is 9.77. The summed E-state index contributed by atoms with van der Waals surface area (Å²) >= 11 is 21.0. The molecule has 0 spiro atoms. The summed E-state index contributed by atoms with van der Waals surface area (Å²) in [7, 11) is 3.25. The lowest BCUT2D eigenvalue weighted by Gasteiger charge is -2.41. The SMILES string of the molecule is COc1nc(-c2cccc(-c3cccc(-c4cc5c(=O)n(C)c(CNC6CC(C)(O)C6)nn5c4)c3Cl)c2Cl)cc(Cl)c1CNC[C@H]1CCC(=O)N1. The number of benzene rings is 2. The van der Waals surface area contributed by atoms with Crippen molar-refractivity contribution in [1.82, 2.24) is 35.1 Å². The highest BCUT2D eigenvalue weighted by Crippen LogP contribution is 2.43. The highest BCUT2D eigenvalue weighted by molar-refractivity contribution is 6.39. The predicted molar refractivity (Wildman–Crippen MR) is 199 cm³/mol. The minimum Gasteiger partial charge on any atom is -0.481 e. The molecule has 0 unspecified atom stereocenters. The van der Waals surface area contributed by atoms with Crippen LogP contribution in [0, 0.1) is 0 Å². The Morgan fingerprint density at radius 2 is 1.71 bits per heavy atom. The number of carbonyl (C=O) groups is 1. The topological polar surface area (TPSA) is 135 Å². The highest BCUT2D eigenvalue weighted by atomic mass is 35.5. The minimum absolute atomic E-state index is 0.0675. The molecule has 2 aliphatic rings. The molecule has 3 aromatic heterocycles. The molecule has 4 N–H and O–H groups in total. The van der Waals surface area contributed by atoms with E-state index >= 15 is 0 Å². The number of rotatable bonds is 11. The fourth-order valence-electron chi connectivity index (χ4n) is 6.95. The van der Waals surface area contributed by atoms with Gasteiger partial charge >= 0.3 is 0 Å². The summed E-state index contributed by atoms with van der Waals surface area (Å²) in [6.07, 6.45) is 4.45. The van der Waals surface area contributed by atoms with Crippen molar-refractivity contribution in [2.45, 2.75) is 63.4 Å². The number of pyridine rings is 1. The van der Waals surface area contributed by atoms with Crippen molar-refractivity contribution >= 4 is 46.2 Å². The van der Waals surface area contributed by atoms with Crippen molar-refractivity contribution in [3.05, 3.63) is 91.5 Å². The number of aliphatic hydroxyl groups is 1. The molecular weight excluding hydrogens is 713 g/mol. The van der Waals surface area contributed by atoms with Crippen LogP contribution in [0.2, 0.25) is 15.1 Å². The van der Waals surface area contributed by atoms with E-state index in [-0.39, 0.29) is 23.6 Å². The van der Waals surface area contributed by atoms with Gasteiger partial charge in [0.05, 0.1) is 40.0 Å². The Balaban J connectivity index is 1.16. The van der Waals surface area contributed by atoms with Crippen molar-refractivity contribution in [3.63, 3.8) is 0 Å². The summed E-state index contributed by atoms with van der Waals surface area (Å²) in [5.74, 6) is 1.02. The quantitative estimate of drug-likeness (QED) is 0.134. The summed E-state index contributed by atoms with van der Waals surface area (Å²) in [4.78, 5) is 29.7. The van der Waals surface area contributed by atoms with E-state index in [0.717, 1.165) is 17.5 Å². The summed E-state index contributed by atoms with van der Waals surface area (Å²) < 4.78 is 8.78. The Kier molecular flexibility index (Phi) is 9.88. The molecule has 1 amide bonds. The van der Waals surface area contributed by atoms with E-state index in [4.69, 9.17) is 49.6 Å². The van der Waals surface area contributed by atoms with Crippen molar-refractivity contribution < 1.29 is 14.6 Å². The number of fused-ring (bicyclic) bond motifs is 1. The van der Waals surface area contributed by atoms with Gasteiger partial charge in [-0.1, -0.05) is 71.2 Å². The summed E-state index contributed by atoms with van der Waals surface area (Å²) in [5, 5.41) is 25.8. The Morgan fingerprint density at radius 1 is 1.02 bits per heavy atom. The second-order valence-corrected chi connectivity index (χ2v) is 14.7. The second-order valence-electron chi connectivity index (χ2n) is 13.6. The van der Waals surface area contributed by atoms with Gasteiger partial charge in [-0.2, -0.15) is 5.10 Å². The number of carbonyl (C=O) groups excluding carboxylic acids is 1. The Hall–Kier alpha value is -3.97. The first-order valence-electron chi connectivity index (χ1n) is 16.8. The van der Waals surface area contributed by atoms with Crippen molar-refractivity contribution in [3.8, 4) is 39.4 Å². The standard InChI is InChI=1S/C37H38Cl3N7O4/c1-37(50)14-22(15-37)42-18-31-45-47-19-20(12-30(47)36(49)46(31)2)23-6-4-7-24(33(23)39)25-8-5-9-26(34(25)40)29-13-28(38)27(35(44-29)51-3)17-41-16-21-10-11-32(48)43-21/h4-9,12-13,19,21-22,41-42,50H,10-11,14-18H2,1-3H3,(H,43,48)/t21-,22?,37?/m1/s1. The predicted octanol–water partition coefficient (Wildman–Crippen LogP) is 5.77. The third kappa shape index (κ3) is 7.11. The molecule has 4 heterocycles. The van der Waals surface area contributed by atoms with Crippen LogP contribution in [0.15, 0.2) is 59.5 Å². The molecule has 11 nitrogen and oxygen atoms in total. The zero-order valence-electron chi connectivity index (χ0n) is 28.4. The second kappa shape index (κ2) is 14.2. The molecule has 14 heteroatoms. The average Bonchev–Trinajstić information content (AvgIpc) is 3.71. The molecular formula is C37H38Cl3N7O4. The smallest absolute Gasteiger partial charge is 0.277 e.